The molecule has 2 heterocycles. The quantitative estimate of drug-likeness (QED) is 0.0939. The van der Waals surface area contributed by atoms with Crippen LogP contribution in [0.3, 0.4) is 0 Å². The minimum atomic E-state index is -0.449. The fourth-order valence-corrected chi connectivity index (χ4v) is 15.0. The Hall–Kier alpha value is -7.84. The van der Waals surface area contributed by atoms with Gasteiger partial charge in [-0.3, -0.25) is 0 Å². The standard InChI is InChI=1S/C87H112N4O4/c1-80(2,3)52-86(19,20)68-50-62(54-30-27-32-60(44-54)88(23)24)76(92)74(90-70-38-34-56(82(7,8)9)46-64(70)65-47-57(83(10,11)12)35-39-71(65)90)78(68)94-42-29-43-95-79-69(87(21,22)53-81(4,5)6)51-63(55-31-28-33-61(45-55)89(25)26)77(93)75(79)91-72-40-36-58(84(13,14)15)48-66(72)67-49-59(85(16,17)18)37-41-73(67)91/h27-28,30-41,44-51,92-93H,29,42-43,52-53H2,1-26H3. The summed E-state index contributed by atoms with van der Waals surface area (Å²) in [6.07, 6.45) is 2.15. The molecular formula is C87H112N4O4. The molecule has 0 aliphatic carbocycles. The van der Waals surface area contributed by atoms with Crippen molar-refractivity contribution in [3.8, 4) is 56.6 Å². The number of rotatable bonds is 16. The Balaban J connectivity index is 1.22. The van der Waals surface area contributed by atoms with E-state index in [1.165, 1.54) is 22.3 Å². The first-order valence-electron chi connectivity index (χ1n) is 34.7. The van der Waals surface area contributed by atoms with Crippen LogP contribution in [0.15, 0.2) is 133 Å². The first kappa shape index (κ1) is 70.0. The van der Waals surface area contributed by atoms with Crippen LogP contribution in [-0.4, -0.2) is 60.8 Å². The predicted molar refractivity (Wildman–Crippen MR) is 409 cm³/mol. The van der Waals surface area contributed by atoms with Crippen LogP contribution in [0.1, 0.15) is 205 Å². The number of hydrogen-bond donors (Lipinski definition) is 2. The van der Waals surface area contributed by atoms with Crippen LogP contribution >= 0.6 is 0 Å². The fraction of sp³-hybridized carbons (Fsp3) is 0.448. The number of nitrogens with zero attached hydrogens (tertiary/aromatic N) is 4. The van der Waals surface area contributed by atoms with Crippen molar-refractivity contribution in [3.05, 3.63) is 167 Å². The van der Waals surface area contributed by atoms with Crippen molar-refractivity contribution >= 4 is 55.0 Å². The van der Waals surface area contributed by atoms with Gasteiger partial charge in [0.15, 0.2) is 23.0 Å². The highest BCUT2D eigenvalue weighted by atomic mass is 16.5. The van der Waals surface area contributed by atoms with E-state index in [0.717, 1.165) is 101 Å². The molecule has 10 aromatic rings. The molecule has 95 heavy (non-hydrogen) atoms. The Morgan fingerprint density at radius 1 is 0.358 bits per heavy atom. The van der Waals surface area contributed by atoms with E-state index in [0.29, 0.717) is 29.3 Å². The van der Waals surface area contributed by atoms with Crippen molar-refractivity contribution in [1.29, 1.82) is 0 Å². The van der Waals surface area contributed by atoms with E-state index in [2.05, 4.69) is 333 Å². The number of anilines is 2. The van der Waals surface area contributed by atoms with Gasteiger partial charge in [0.25, 0.3) is 0 Å². The average molecular weight is 1280 g/mol. The molecular weight excluding hydrogens is 1160 g/mol. The molecule has 8 aromatic carbocycles. The second-order valence-electron chi connectivity index (χ2n) is 35.8. The van der Waals surface area contributed by atoms with E-state index >= 15 is 0 Å². The maximum atomic E-state index is 13.7. The fourth-order valence-electron chi connectivity index (χ4n) is 15.0. The zero-order valence-corrected chi connectivity index (χ0v) is 62.7. The third-order valence-electron chi connectivity index (χ3n) is 19.4. The summed E-state index contributed by atoms with van der Waals surface area (Å²) in [5, 5.41) is 31.8. The lowest BCUT2D eigenvalue weighted by Crippen LogP contribution is -2.27. The van der Waals surface area contributed by atoms with Crippen LogP contribution in [0.25, 0.3) is 77.2 Å². The third kappa shape index (κ3) is 14.1. The number of benzene rings is 8. The lowest BCUT2D eigenvalue weighted by Gasteiger charge is -2.36. The summed E-state index contributed by atoms with van der Waals surface area (Å²) in [7, 11) is 8.24. The van der Waals surface area contributed by atoms with Crippen molar-refractivity contribution in [1.82, 2.24) is 9.13 Å². The molecule has 8 heteroatoms. The number of hydrogen-bond acceptors (Lipinski definition) is 6. The van der Waals surface area contributed by atoms with Gasteiger partial charge in [-0.15, -0.1) is 0 Å². The molecule has 504 valence electrons. The molecule has 2 aromatic heterocycles. The SMILES string of the molecule is CN(C)c1cccc(-c2cc(C(C)(C)CC(C)(C)C)c(OCCCOc3c(C(C)(C)CC(C)(C)C)cc(-c4cccc(N(C)C)c4)c(O)c3-n3c4ccc(C(C)(C)C)cc4c4cc(C(C)(C)C)ccc43)c(-n3c4ccc(C(C)(C)C)cc4c4cc(C(C)(C)C)ccc43)c2O)c1. The van der Waals surface area contributed by atoms with Gasteiger partial charge >= 0.3 is 0 Å². The maximum Gasteiger partial charge on any atom is 0.151 e. The van der Waals surface area contributed by atoms with Crippen LogP contribution in [0.2, 0.25) is 0 Å². The smallest absolute Gasteiger partial charge is 0.151 e. The second-order valence-corrected chi connectivity index (χ2v) is 35.8. The van der Waals surface area contributed by atoms with E-state index in [4.69, 9.17) is 9.47 Å². The molecule has 2 N–H and O–H groups in total. The van der Waals surface area contributed by atoms with E-state index in [-0.39, 0.29) is 57.2 Å². The summed E-state index contributed by atoms with van der Waals surface area (Å²) >= 11 is 0. The minimum absolute atomic E-state index is 0.0657. The van der Waals surface area contributed by atoms with Crippen LogP contribution in [0.5, 0.6) is 23.0 Å². The Morgan fingerprint density at radius 3 is 0.895 bits per heavy atom. The monoisotopic (exact) mass is 1280 g/mol. The van der Waals surface area contributed by atoms with Gasteiger partial charge in [0.1, 0.15) is 11.4 Å². The van der Waals surface area contributed by atoms with Gasteiger partial charge in [-0.25, -0.2) is 0 Å². The molecule has 0 spiro atoms. The molecule has 0 unspecified atom stereocenters. The van der Waals surface area contributed by atoms with E-state index in [1.807, 2.05) is 0 Å². The summed E-state index contributed by atoms with van der Waals surface area (Å²) < 4.78 is 19.7. The highest BCUT2D eigenvalue weighted by Gasteiger charge is 2.38. The largest absolute Gasteiger partial charge is 0.505 e. The molecule has 8 nitrogen and oxygen atoms in total. The Labute approximate surface area is 570 Å². The number of aromatic nitrogens is 2. The van der Waals surface area contributed by atoms with Crippen LogP contribution in [0.4, 0.5) is 11.4 Å². The van der Waals surface area contributed by atoms with Crippen molar-refractivity contribution in [2.45, 2.75) is 204 Å². The van der Waals surface area contributed by atoms with Crippen LogP contribution in [0, 0.1) is 10.8 Å². The Morgan fingerprint density at radius 2 is 0.642 bits per heavy atom. The van der Waals surface area contributed by atoms with Gasteiger partial charge in [-0.05, 0) is 174 Å². The molecule has 0 amide bonds. The second kappa shape index (κ2) is 24.7. The van der Waals surface area contributed by atoms with Gasteiger partial charge in [-0.2, -0.15) is 0 Å². The van der Waals surface area contributed by atoms with E-state index in [1.54, 1.807) is 0 Å². The van der Waals surface area contributed by atoms with Gasteiger partial charge in [0.05, 0.1) is 35.3 Å². The molecule has 0 aliphatic heterocycles. The molecule has 0 aliphatic rings. The summed E-state index contributed by atoms with van der Waals surface area (Å²) in [4.78, 5) is 4.23. The molecule has 0 saturated heterocycles. The maximum absolute atomic E-state index is 13.7. The number of fused-ring (bicyclic) bond motifs is 6. The van der Waals surface area contributed by atoms with Gasteiger partial charge in [0.2, 0.25) is 0 Å². The molecule has 10 rings (SSSR count). The first-order chi connectivity index (χ1) is 43.9. The van der Waals surface area contributed by atoms with Crippen molar-refractivity contribution in [2.24, 2.45) is 10.8 Å². The molecule has 0 bridgehead atoms. The van der Waals surface area contributed by atoms with Crippen LogP contribution in [-0.2, 0) is 32.5 Å². The molecule has 0 fully saturated rings. The van der Waals surface area contributed by atoms with Gasteiger partial charge in [-0.1, -0.05) is 201 Å². The lowest BCUT2D eigenvalue weighted by atomic mass is 9.71. The van der Waals surface area contributed by atoms with Gasteiger partial charge < -0.3 is 38.6 Å². The number of ether oxygens (including phenoxy) is 2. The number of phenols is 2. The zero-order valence-electron chi connectivity index (χ0n) is 62.7. The van der Waals surface area contributed by atoms with E-state index < -0.39 is 10.8 Å². The molecule has 0 atom stereocenters. The number of phenolic OH excluding ortho intramolecular Hbond substituents is 2. The minimum Gasteiger partial charge on any atom is -0.505 e. The first-order valence-corrected chi connectivity index (χ1v) is 34.7. The van der Waals surface area contributed by atoms with Crippen LogP contribution < -0.4 is 19.3 Å². The lowest BCUT2D eigenvalue weighted by molar-refractivity contribution is 0.229. The van der Waals surface area contributed by atoms with Crippen molar-refractivity contribution < 1.29 is 19.7 Å². The molecule has 0 saturated carbocycles. The Kier molecular flexibility index (Phi) is 18.2. The highest BCUT2D eigenvalue weighted by molar-refractivity contribution is 6.12. The average Bonchev–Trinajstić information content (AvgIpc) is 1.65. The van der Waals surface area contributed by atoms with E-state index in [9.17, 15) is 10.2 Å². The molecule has 0 radical (unpaired) electrons. The predicted octanol–water partition coefficient (Wildman–Crippen LogP) is 23.2. The Bertz CT molecular complexity index is 4110. The zero-order chi connectivity index (χ0) is 69.8. The summed E-state index contributed by atoms with van der Waals surface area (Å²) in [6.45, 7) is 51.0. The normalized spacial score (nSPS) is 13.2. The van der Waals surface area contributed by atoms with Crippen molar-refractivity contribution in [2.75, 3.05) is 51.2 Å². The topological polar surface area (TPSA) is 75.3 Å². The third-order valence-corrected chi connectivity index (χ3v) is 19.4. The van der Waals surface area contributed by atoms with Gasteiger partial charge in [0, 0.05) is 89.8 Å². The summed E-state index contributed by atoms with van der Waals surface area (Å²) in [5.41, 5.74) is 16.1. The van der Waals surface area contributed by atoms with Crippen molar-refractivity contribution in [3.63, 3.8) is 0 Å². The summed E-state index contributed by atoms with van der Waals surface area (Å²) in [6, 6.07) is 48.9. The highest BCUT2D eigenvalue weighted by Crippen LogP contribution is 2.55. The summed E-state index contributed by atoms with van der Waals surface area (Å²) in [5.74, 6) is 1.59. The number of aromatic hydroxyl groups is 2.